The molecule has 0 fully saturated rings. The molecule has 0 aliphatic heterocycles. The lowest BCUT2D eigenvalue weighted by molar-refractivity contribution is -0.119. The average molecular weight is 264 g/mol. The second kappa shape index (κ2) is 12.4. The average Bonchev–Trinajstić information content (AvgIpc) is 2.41. The van der Waals surface area contributed by atoms with Crippen LogP contribution in [-0.4, -0.2) is 5.78 Å². The van der Waals surface area contributed by atoms with Gasteiger partial charge in [0.15, 0.2) is 0 Å². The molecule has 0 aromatic heterocycles. The van der Waals surface area contributed by atoms with E-state index in [0.717, 1.165) is 32.1 Å². The van der Waals surface area contributed by atoms with Crippen molar-refractivity contribution >= 4 is 5.78 Å². The van der Waals surface area contributed by atoms with E-state index >= 15 is 0 Å². The summed E-state index contributed by atoms with van der Waals surface area (Å²) in [4.78, 5) is 11.7. The zero-order valence-corrected chi connectivity index (χ0v) is 12.7. The standard InChI is InChI=1S/C18H32O/c19-18-16-14-12-10-8-6-4-2-1-3-5-7-9-11-13-15-17-18/h8,10H,1-7,9,11-17H2/b10-8-. The van der Waals surface area contributed by atoms with Gasteiger partial charge in [-0.3, -0.25) is 4.79 Å². The van der Waals surface area contributed by atoms with E-state index in [2.05, 4.69) is 12.2 Å². The largest absolute Gasteiger partial charge is 0.300 e. The summed E-state index contributed by atoms with van der Waals surface area (Å²) in [6.45, 7) is 0. The first kappa shape index (κ1) is 16.5. The Bertz CT molecular complexity index is 242. The van der Waals surface area contributed by atoms with E-state index in [-0.39, 0.29) is 0 Å². The molecule has 1 aliphatic rings. The fraction of sp³-hybridized carbons (Fsp3) is 0.833. The predicted molar refractivity (Wildman–Crippen MR) is 83.4 cm³/mol. The van der Waals surface area contributed by atoms with E-state index in [4.69, 9.17) is 0 Å². The van der Waals surface area contributed by atoms with Crippen molar-refractivity contribution in [1.29, 1.82) is 0 Å². The maximum absolute atomic E-state index is 11.7. The number of hydrogen-bond acceptors (Lipinski definition) is 1. The smallest absolute Gasteiger partial charge is 0.132 e. The molecule has 0 amide bonds. The van der Waals surface area contributed by atoms with Gasteiger partial charge in [0.05, 0.1) is 0 Å². The minimum absolute atomic E-state index is 0.481. The highest BCUT2D eigenvalue weighted by atomic mass is 16.1. The summed E-state index contributed by atoms with van der Waals surface area (Å²) >= 11 is 0. The molecule has 0 spiro atoms. The van der Waals surface area contributed by atoms with Gasteiger partial charge in [0.1, 0.15) is 5.78 Å². The summed E-state index contributed by atoms with van der Waals surface area (Å²) in [6.07, 6.45) is 23.0. The van der Waals surface area contributed by atoms with Crippen LogP contribution in [0.1, 0.15) is 96.3 Å². The molecule has 0 atom stereocenters. The molecule has 0 saturated carbocycles. The third kappa shape index (κ3) is 11.0. The van der Waals surface area contributed by atoms with Crippen LogP contribution in [0.15, 0.2) is 12.2 Å². The fourth-order valence-corrected chi connectivity index (χ4v) is 2.78. The number of carbonyl (C=O) groups excluding carboxylic acids is 1. The van der Waals surface area contributed by atoms with Crippen molar-refractivity contribution < 1.29 is 4.79 Å². The number of ketones is 1. The lowest BCUT2D eigenvalue weighted by Crippen LogP contribution is -1.97. The van der Waals surface area contributed by atoms with Crippen molar-refractivity contribution in [3.05, 3.63) is 12.2 Å². The van der Waals surface area contributed by atoms with Gasteiger partial charge in [-0.1, -0.05) is 63.5 Å². The van der Waals surface area contributed by atoms with Crippen molar-refractivity contribution in [1.82, 2.24) is 0 Å². The van der Waals surface area contributed by atoms with Crippen LogP contribution in [0.25, 0.3) is 0 Å². The SMILES string of the molecule is O=C1CCC/C=C\CCCCCCCCCCCC1. The molecular formula is C18H32O. The van der Waals surface area contributed by atoms with Crippen molar-refractivity contribution in [2.75, 3.05) is 0 Å². The number of allylic oxidation sites excluding steroid dienone is 2. The van der Waals surface area contributed by atoms with Gasteiger partial charge in [-0.2, -0.15) is 0 Å². The summed E-state index contributed by atoms with van der Waals surface area (Å²) < 4.78 is 0. The summed E-state index contributed by atoms with van der Waals surface area (Å²) in [7, 11) is 0. The number of rotatable bonds is 0. The van der Waals surface area contributed by atoms with E-state index < -0.39 is 0 Å². The van der Waals surface area contributed by atoms with Crippen LogP contribution >= 0.6 is 0 Å². The third-order valence-electron chi connectivity index (χ3n) is 4.07. The summed E-state index contributed by atoms with van der Waals surface area (Å²) in [5, 5.41) is 0. The lowest BCUT2D eigenvalue weighted by Gasteiger charge is -2.03. The first-order valence-electron chi connectivity index (χ1n) is 8.56. The normalized spacial score (nSPS) is 24.3. The van der Waals surface area contributed by atoms with Gasteiger partial charge >= 0.3 is 0 Å². The second-order valence-corrected chi connectivity index (χ2v) is 5.98. The zero-order chi connectivity index (χ0) is 13.6. The van der Waals surface area contributed by atoms with Gasteiger partial charge in [-0.25, -0.2) is 0 Å². The van der Waals surface area contributed by atoms with E-state index in [1.807, 2.05) is 0 Å². The molecule has 0 unspecified atom stereocenters. The monoisotopic (exact) mass is 264 g/mol. The first-order valence-corrected chi connectivity index (χ1v) is 8.56. The molecule has 0 heterocycles. The van der Waals surface area contributed by atoms with Crippen molar-refractivity contribution in [2.24, 2.45) is 0 Å². The van der Waals surface area contributed by atoms with E-state index in [9.17, 15) is 4.79 Å². The van der Waals surface area contributed by atoms with Crippen LogP contribution in [0, 0.1) is 0 Å². The maximum Gasteiger partial charge on any atom is 0.132 e. The molecule has 0 bridgehead atoms. The Morgan fingerprint density at radius 3 is 1.58 bits per heavy atom. The quantitative estimate of drug-likeness (QED) is 0.492. The minimum atomic E-state index is 0.481. The highest BCUT2D eigenvalue weighted by molar-refractivity contribution is 5.78. The van der Waals surface area contributed by atoms with Crippen LogP contribution in [0.4, 0.5) is 0 Å². The Balaban J connectivity index is 2.17. The summed E-state index contributed by atoms with van der Waals surface area (Å²) in [5.74, 6) is 0.481. The third-order valence-corrected chi connectivity index (χ3v) is 4.07. The molecule has 0 saturated heterocycles. The summed E-state index contributed by atoms with van der Waals surface area (Å²) in [6, 6.07) is 0. The zero-order valence-electron chi connectivity index (χ0n) is 12.7. The number of Topliss-reactive ketones (excluding diaryl/α,β-unsaturated/α-hetero) is 1. The molecule has 0 N–H and O–H groups in total. The number of carbonyl (C=O) groups is 1. The molecule has 1 nitrogen and oxygen atoms in total. The topological polar surface area (TPSA) is 17.1 Å². The molecule has 1 aliphatic carbocycles. The van der Waals surface area contributed by atoms with E-state index in [1.165, 1.54) is 64.2 Å². The van der Waals surface area contributed by atoms with Crippen LogP contribution in [0.5, 0.6) is 0 Å². The van der Waals surface area contributed by atoms with Crippen LogP contribution in [-0.2, 0) is 4.79 Å². The van der Waals surface area contributed by atoms with Gasteiger partial charge < -0.3 is 0 Å². The van der Waals surface area contributed by atoms with Crippen molar-refractivity contribution in [2.45, 2.75) is 96.3 Å². The second-order valence-electron chi connectivity index (χ2n) is 5.98. The van der Waals surface area contributed by atoms with Gasteiger partial charge in [-0.05, 0) is 32.1 Å². The molecule has 0 radical (unpaired) electrons. The maximum atomic E-state index is 11.7. The Labute approximate surface area is 119 Å². The molecule has 19 heavy (non-hydrogen) atoms. The van der Waals surface area contributed by atoms with Gasteiger partial charge in [-0.15, -0.1) is 0 Å². The van der Waals surface area contributed by atoms with E-state index in [1.54, 1.807) is 0 Å². The van der Waals surface area contributed by atoms with Gasteiger partial charge in [0.2, 0.25) is 0 Å². The van der Waals surface area contributed by atoms with Crippen LogP contribution < -0.4 is 0 Å². The molecule has 110 valence electrons. The molecule has 0 aromatic rings. The fourth-order valence-electron chi connectivity index (χ4n) is 2.78. The minimum Gasteiger partial charge on any atom is -0.300 e. The van der Waals surface area contributed by atoms with Crippen molar-refractivity contribution in [3.63, 3.8) is 0 Å². The Hall–Kier alpha value is -0.590. The Kier molecular flexibility index (Phi) is 10.8. The van der Waals surface area contributed by atoms with Crippen LogP contribution in [0.2, 0.25) is 0 Å². The Morgan fingerprint density at radius 1 is 0.526 bits per heavy atom. The van der Waals surface area contributed by atoms with Gasteiger partial charge in [0.25, 0.3) is 0 Å². The first-order chi connectivity index (χ1) is 9.39. The van der Waals surface area contributed by atoms with Gasteiger partial charge in [0, 0.05) is 12.8 Å². The highest BCUT2D eigenvalue weighted by Gasteiger charge is 2.01. The molecule has 0 aromatic carbocycles. The Morgan fingerprint density at radius 2 is 0.947 bits per heavy atom. The molecule has 1 heteroatoms. The predicted octanol–water partition coefficient (Wildman–Crippen LogP) is 5.98. The van der Waals surface area contributed by atoms with E-state index in [0.29, 0.717) is 5.78 Å². The molecular weight excluding hydrogens is 232 g/mol. The summed E-state index contributed by atoms with van der Waals surface area (Å²) in [5.41, 5.74) is 0. The highest BCUT2D eigenvalue weighted by Crippen LogP contribution is 2.13. The van der Waals surface area contributed by atoms with Crippen LogP contribution in [0.3, 0.4) is 0 Å². The number of hydrogen-bond donors (Lipinski definition) is 0. The van der Waals surface area contributed by atoms with Crippen molar-refractivity contribution in [3.8, 4) is 0 Å². The molecule has 1 rings (SSSR count). The lowest BCUT2D eigenvalue weighted by atomic mass is 10.0.